The Balaban J connectivity index is 1.36. The number of aliphatic hydroxyl groups is 1. The van der Waals surface area contributed by atoms with Gasteiger partial charge in [0.05, 0.1) is 17.3 Å². The summed E-state index contributed by atoms with van der Waals surface area (Å²) >= 11 is 3.64. The molecule has 0 amide bonds. The topological polar surface area (TPSA) is 75.6 Å². The first-order valence-electron chi connectivity index (χ1n) is 12.0. The minimum atomic E-state index is -0.668. The van der Waals surface area contributed by atoms with Gasteiger partial charge in [0.15, 0.2) is 0 Å². The first kappa shape index (κ1) is 27.7. The third-order valence-electron chi connectivity index (χ3n) is 6.66. The second kappa shape index (κ2) is 13.5. The molecule has 36 heavy (non-hydrogen) atoms. The van der Waals surface area contributed by atoms with E-state index in [9.17, 15) is 5.11 Å². The van der Waals surface area contributed by atoms with Crippen molar-refractivity contribution in [2.75, 3.05) is 46.6 Å². The van der Waals surface area contributed by atoms with Crippen LogP contribution in [0.25, 0.3) is 0 Å². The van der Waals surface area contributed by atoms with Crippen LogP contribution < -0.4 is 4.74 Å². The number of thioether (sulfide) groups is 2. The molecule has 2 aliphatic rings. The summed E-state index contributed by atoms with van der Waals surface area (Å²) in [6.45, 7) is 0.352. The molecule has 0 aromatic heterocycles. The molecule has 2 fully saturated rings. The van der Waals surface area contributed by atoms with Crippen LogP contribution in [-0.4, -0.2) is 86.9 Å². The van der Waals surface area contributed by atoms with Gasteiger partial charge in [0.25, 0.3) is 0 Å². The molecule has 0 aliphatic carbocycles. The van der Waals surface area contributed by atoms with Crippen LogP contribution >= 0.6 is 23.5 Å². The maximum Gasteiger partial charge on any atom is 0.229 e. The van der Waals surface area contributed by atoms with Gasteiger partial charge in [0.1, 0.15) is 30.2 Å². The predicted octanol–water partition coefficient (Wildman–Crippen LogP) is 4.11. The molecular formula is C27H36O7S2. The molecule has 0 saturated carbocycles. The van der Waals surface area contributed by atoms with E-state index in [1.165, 1.54) is 5.56 Å². The standard InChI is InChI=1S/C27H36O7S2/c1-29-14-21-23(30-2)24(31-3)25(32-4)26(34-21)33-20-12-10-17(11-13-20)19-15-35-27(36-16-19)22(28)18-8-6-5-7-9-18/h5-13,19,21-28H,14-16H2,1-4H3/t19?,21-,22?,23-,24+,25-,26?,27?/m1/s1. The molecule has 2 heterocycles. The van der Waals surface area contributed by atoms with Gasteiger partial charge in [-0.2, -0.15) is 0 Å². The van der Waals surface area contributed by atoms with Gasteiger partial charge in [0.2, 0.25) is 6.29 Å². The highest BCUT2D eigenvalue weighted by atomic mass is 32.2. The predicted molar refractivity (Wildman–Crippen MR) is 143 cm³/mol. The summed E-state index contributed by atoms with van der Waals surface area (Å²) in [6.07, 6.45) is -2.65. The average molecular weight is 537 g/mol. The minimum Gasteiger partial charge on any atom is -0.462 e. The van der Waals surface area contributed by atoms with Crippen LogP contribution in [0.2, 0.25) is 0 Å². The van der Waals surface area contributed by atoms with Crippen LogP contribution in [0.3, 0.4) is 0 Å². The fourth-order valence-corrected chi connectivity index (χ4v) is 7.88. The zero-order valence-electron chi connectivity index (χ0n) is 21.1. The van der Waals surface area contributed by atoms with Crippen molar-refractivity contribution in [3.63, 3.8) is 0 Å². The van der Waals surface area contributed by atoms with Crippen LogP contribution in [0.15, 0.2) is 54.6 Å². The van der Waals surface area contributed by atoms with Crippen molar-refractivity contribution in [3.8, 4) is 5.75 Å². The van der Waals surface area contributed by atoms with Crippen molar-refractivity contribution in [3.05, 3.63) is 65.7 Å². The molecule has 9 heteroatoms. The van der Waals surface area contributed by atoms with E-state index >= 15 is 0 Å². The van der Waals surface area contributed by atoms with Gasteiger partial charge in [-0.15, -0.1) is 23.5 Å². The van der Waals surface area contributed by atoms with Gasteiger partial charge in [-0.05, 0) is 23.3 Å². The van der Waals surface area contributed by atoms with Gasteiger partial charge >= 0.3 is 0 Å². The first-order valence-corrected chi connectivity index (χ1v) is 14.1. The van der Waals surface area contributed by atoms with E-state index < -0.39 is 18.5 Å². The summed E-state index contributed by atoms with van der Waals surface area (Å²) in [5, 5.41) is 10.8. The van der Waals surface area contributed by atoms with E-state index in [4.69, 9.17) is 28.4 Å². The van der Waals surface area contributed by atoms with E-state index in [-0.39, 0.29) is 22.9 Å². The Kier molecular flexibility index (Phi) is 10.4. The van der Waals surface area contributed by atoms with E-state index in [2.05, 4.69) is 12.1 Å². The Morgan fingerprint density at radius 1 is 0.861 bits per heavy atom. The summed E-state index contributed by atoms with van der Waals surface area (Å²) < 4.78 is 34.9. The monoisotopic (exact) mass is 536 g/mol. The summed E-state index contributed by atoms with van der Waals surface area (Å²) in [4.78, 5) is 0. The number of rotatable bonds is 10. The summed E-state index contributed by atoms with van der Waals surface area (Å²) in [7, 11) is 6.50. The molecule has 7 nitrogen and oxygen atoms in total. The van der Waals surface area contributed by atoms with E-state index in [0.29, 0.717) is 18.3 Å². The molecule has 0 bridgehead atoms. The van der Waals surface area contributed by atoms with Crippen molar-refractivity contribution in [2.45, 2.75) is 47.3 Å². The molecular weight excluding hydrogens is 500 g/mol. The number of hydrogen-bond donors (Lipinski definition) is 1. The maximum absolute atomic E-state index is 10.8. The normalized spacial score (nSPS) is 31.6. The van der Waals surface area contributed by atoms with Crippen LogP contribution in [0, 0.1) is 0 Å². The van der Waals surface area contributed by atoms with Crippen LogP contribution in [0.1, 0.15) is 23.1 Å². The lowest BCUT2D eigenvalue weighted by atomic mass is 9.98. The Morgan fingerprint density at radius 3 is 2.08 bits per heavy atom. The molecule has 6 atom stereocenters. The Labute approximate surface area is 222 Å². The van der Waals surface area contributed by atoms with Crippen LogP contribution in [0.4, 0.5) is 0 Å². The number of benzene rings is 2. The molecule has 2 unspecified atom stereocenters. The smallest absolute Gasteiger partial charge is 0.229 e. The van der Waals surface area contributed by atoms with Crippen molar-refractivity contribution < 1.29 is 33.5 Å². The fraction of sp³-hybridized carbons (Fsp3) is 0.556. The minimum absolute atomic E-state index is 0.144. The Bertz CT molecular complexity index is 908. The highest BCUT2D eigenvalue weighted by Crippen LogP contribution is 2.44. The van der Waals surface area contributed by atoms with Crippen molar-refractivity contribution in [1.29, 1.82) is 0 Å². The molecule has 2 aromatic rings. The molecule has 1 N–H and O–H groups in total. The first-order chi connectivity index (χ1) is 17.6. The quantitative estimate of drug-likeness (QED) is 0.483. The highest BCUT2D eigenvalue weighted by molar-refractivity contribution is 8.17. The third kappa shape index (κ3) is 6.39. The maximum atomic E-state index is 10.8. The van der Waals surface area contributed by atoms with Crippen molar-refractivity contribution >= 4 is 23.5 Å². The van der Waals surface area contributed by atoms with Gasteiger partial charge < -0.3 is 33.5 Å². The molecule has 4 rings (SSSR count). The molecule has 2 aromatic carbocycles. The SMILES string of the molecule is COC[C@H]1OC(Oc2ccc(C3CSC(C(O)c4ccccc4)SC3)cc2)[C@H](OC)[C@@H](OC)[C@@H]1OC. The van der Waals surface area contributed by atoms with Crippen molar-refractivity contribution in [1.82, 2.24) is 0 Å². The fourth-order valence-electron chi connectivity index (χ4n) is 4.73. The third-order valence-corrected chi connectivity index (χ3v) is 9.84. The Hall–Kier alpha value is -1.30. The van der Waals surface area contributed by atoms with Crippen LogP contribution in [-0.2, 0) is 23.7 Å². The lowest BCUT2D eigenvalue weighted by Crippen LogP contribution is -2.62. The van der Waals surface area contributed by atoms with Crippen LogP contribution in [0.5, 0.6) is 5.75 Å². The van der Waals surface area contributed by atoms with Gasteiger partial charge in [-0.3, -0.25) is 0 Å². The molecule has 198 valence electrons. The number of methoxy groups -OCH3 is 4. The number of ether oxygens (including phenoxy) is 6. The lowest BCUT2D eigenvalue weighted by molar-refractivity contribution is -0.292. The number of hydrogen-bond acceptors (Lipinski definition) is 9. The summed E-state index contributed by atoms with van der Waals surface area (Å²) in [5.41, 5.74) is 2.23. The zero-order chi connectivity index (χ0) is 25.5. The van der Waals surface area contributed by atoms with Gasteiger partial charge in [-0.1, -0.05) is 42.5 Å². The molecule has 2 saturated heterocycles. The number of aliphatic hydroxyl groups excluding tert-OH is 1. The second-order valence-corrected chi connectivity index (χ2v) is 11.5. The second-order valence-electron chi connectivity index (χ2n) is 8.87. The van der Waals surface area contributed by atoms with Gasteiger partial charge in [-0.25, -0.2) is 0 Å². The molecule has 0 spiro atoms. The average Bonchev–Trinajstić information content (AvgIpc) is 2.93. The van der Waals surface area contributed by atoms with E-state index in [1.807, 2.05) is 66.0 Å². The largest absolute Gasteiger partial charge is 0.462 e. The molecule has 0 radical (unpaired) electrons. The van der Waals surface area contributed by atoms with E-state index in [1.54, 1.807) is 28.4 Å². The summed E-state index contributed by atoms with van der Waals surface area (Å²) in [6, 6.07) is 18.1. The summed E-state index contributed by atoms with van der Waals surface area (Å²) in [5.74, 6) is 3.04. The van der Waals surface area contributed by atoms with Crippen molar-refractivity contribution in [2.24, 2.45) is 0 Å². The zero-order valence-corrected chi connectivity index (χ0v) is 22.8. The molecule has 2 aliphatic heterocycles. The van der Waals surface area contributed by atoms with Gasteiger partial charge in [0, 0.05) is 45.9 Å². The lowest BCUT2D eigenvalue weighted by Gasteiger charge is -2.44. The van der Waals surface area contributed by atoms with E-state index in [0.717, 1.165) is 17.1 Å². The highest BCUT2D eigenvalue weighted by Gasteiger charge is 2.48. The Morgan fingerprint density at radius 2 is 1.50 bits per heavy atom.